The summed E-state index contributed by atoms with van der Waals surface area (Å²) >= 11 is 0. The van der Waals surface area contributed by atoms with E-state index in [1.165, 1.54) is 0 Å². The first-order chi connectivity index (χ1) is 19.4. The summed E-state index contributed by atoms with van der Waals surface area (Å²) in [4.78, 5) is 57.0. The molecule has 3 aliphatic rings. The number of barbiturate groups is 1. The lowest BCUT2D eigenvalue weighted by Gasteiger charge is -2.47. The number of ether oxygens (including phenoxy) is 1. The van der Waals surface area contributed by atoms with Crippen molar-refractivity contribution in [1.29, 1.82) is 0 Å². The fourth-order valence-corrected chi connectivity index (χ4v) is 6.67. The number of nitrogens with one attached hydrogen (secondary N) is 1. The summed E-state index contributed by atoms with van der Waals surface area (Å²) in [6, 6.07) is 21.3. The number of carbonyl (C=O) groups excluding carboxylic acids is 3. The molecule has 0 aliphatic carbocycles. The van der Waals surface area contributed by atoms with Crippen LogP contribution in [0.25, 0.3) is 0 Å². The van der Waals surface area contributed by atoms with Crippen molar-refractivity contribution in [1.82, 2.24) is 19.7 Å². The smallest absolute Gasteiger partial charge is 0.331 e. The molecule has 1 unspecified atom stereocenters. The molecule has 2 fully saturated rings. The highest BCUT2D eigenvalue weighted by Gasteiger charge is 2.55. The van der Waals surface area contributed by atoms with Crippen molar-refractivity contribution in [3.8, 4) is 5.75 Å². The van der Waals surface area contributed by atoms with Gasteiger partial charge in [-0.2, -0.15) is 0 Å². The summed E-state index contributed by atoms with van der Waals surface area (Å²) in [5, 5.41) is 2.51. The fraction of sp³-hybridized carbons (Fsp3) is 0.355. The fourth-order valence-electron chi connectivity index (χ4n) is 6.67. The molecular formula is C31H32N4O5. The van der Waals surface area contributed by atoms with Gasteiger partial charge in [0.1, 0.15) is 11.2 Å². The molecule has 4 amide bonds. The van der Waals surface area contributed by atoms with E-state index >= 15 is 0 Å². The molecule has 4 heterocycles. The van der Waals surface area contributed by atoms with Gasteiger partial charge < -0.3 is 14.2 Å². The zero-order valence-electron chi connectivity index (χ0n) is 22.4. The van der Waals surface area contributed by atoms with Gasteiger partial charge in [-0.25, -0.2) is 4.79 Å². The van der Waals surface area contributed by atoms with Crippen LogP contribution < -0.4 is 15.6 Å². The van der Waals surface area contributed by atoms with Crippen LogP contribution >= 0.6 is 0 Å². The first kappa shape index (κ1) is 26.0. The van der Waals surface area contributed by atoms with Gasteiger partial charge in [0.2, 0.25) is 11.8 Å². The Hall–Kier alpha value is -4.24. The average Bonchev–Trinajstić information content (AvgIpc) is 2.95. The number of hydrogen-bond acceptors (Lipinski definition) is 6. The summed E-state index contributed by atoms with van der Waals surface area (Å²) in [7, 11) is 1.56. The zero-order valence-corrected chi connectivity index (χ0v) is 22.4. The van der Waals surface area contributed by atoms with E-state index in [-0.39, 0.29) is 36.9 Å². The van der Waals surface area contributed by atoms with Crippen molar-refractivity contribution < 1.29 is 19.1 Å². The molecule has 0 saturated carbocycles. The van der Waals surface area contributed by atoms with Crippen molar-refractivity contribution in [3.63, 3.8) is 0 Å². The van der Waals surface area contributed by atoms with Crippen LogP contribution in [0.3, 0.4) is 0 Å². The summed E-state index contributed by atoms with van der Waals surface area (Å²) in [6.07, 6.45) is 1.04. The number of benzene rings is 2. The van der Waals surface area contributed by atoms with Crippen LogP contribution in [0, 0.1) is 11.3 Å². The number of amides is 4. The predicted molar refractivity (Wildman–Crippen MR) is 148 cm³/mol. The molecule has 1 aromatic heterocycles. The number of hydrogen-bond donors (Lipinski definition) is 1. The molecule has 0 spiro atoms. The zero-order chi connectivity index (χ0) is 27.9. The number of carbonyl (C=O) groups is 3. The highest BCUT2D eigenvalue weighted by atomic mass is 16.5. The molecule has 2 aromatic carbocycles. The monoisotopic (exact) mass is 540 g/mol. The Kier molecular flexibility index (Phi) is 6.75. The van der Waals surface area contributed by atoms with Gasteiger partial charge in [0.25, 0.3) is 5.56 Å². The molecule has 6 rings (SSSR count). The van der Waals surface area contributed by atoms with Crippen LogP contribution in [0.5, 0.6) is 5.75 Å². The summed E-state index contributed by atoms with van der Waals surface area (Å²) in [6.45, 7) is 2.09. The third kappa shape index (κ3) is 4.60. The molecule has 2 saturated heterocycles. The number of rotatable bonds is 7. The highest BCUT2D eigenvalue weighted by molar-refractivity contribution is 6.19. The van der Waals surface area contributed by atoms with E-state index in [0.29, 0.717) is 25.4 Å². The Morgan fingerprint density at radius 2 is 1.68 bits per heavy atom. The number of nitrogens with zero attached hydrogens (tertiary/aromatic N) is 3. The lowest BCUT2D eigenvalue weighted by Crippen LogP contribution is -2.67. The van der Waals surface area contributed by atoms with Gasteiger partial charge in [0, 0.05) is 50.3 Å². The number of para-hydroxylation sites is 1. The van der Waals surface area contributed by atoms with Crippen molar-refractivity contribution in [3.05, 3.63) is 100.0 Å². The Bertz CT molecular complexity index is 1520. The van der Waals surface area contributed by atoms with E-state index in [4.69, 9.17) is 4.74 Å². The number of piperidine rings is 1. The van der Waals surface area contributed by atoms with E-state index in [0.717, 1.165) is 28.1 Å². The summed E-state index contributed by atoms with van der Waals surface area (Å²) < 4.78 is 7.44. The molecule has 0 radical (unpaired) electrons. The third-order valence-corrected chi connectivity index (χ3v) is 8.47. The molecular weight excluding hydrogens is 508 g/mol. The number of methoxy groups -OCH3 is 1. The normalized spacial score (nSPS) is 24.4. The first-order valence-electron chi connectivity index (χ1n) is 13.6. The standard InChI is InChI=1S/C31H32N4O5/c1-40-26-12-6-5-10-23(26)15-31(28(37)32-30(39)35(29(31)38)17-21-8-3-2-4-9-21)20-33-16-22-14-24(19-33)25-11-7-13-27(36)34(25)18-22/h2-13,22,24H,14-20H2,1H3,(H,32,37,39)/t22-,24+,31?/m1/s1. The predicted octanol–water partition coefficient (Wildman–Crippen LogP) is 2.78. The molecule has 9 heteroatoms. The third-order valence-electron chi connectivity index (χ3n) is 8.47. The first-order valence-corrected chi connectivity index (χ1v) is 13.6. The molecule has 2 bridgehead atoms. The summed E-state index contributed by atoms with van der Waals surface area (Å²) in [5.74, 6) is -0.182. The van der Waals surface area contributed by atoms with E-state index in [2.05, 4.69) is 10.2 Å². The number of pyridine rings is 1. The second kappa shape index (κ2) is 10.4. The second-order valence-electron chi connectivity index (χ2n) is 11.1. The Morgan fingerprint density at radius 3 is 2.48 bits per heavy atom. The lowest BCUT2D eigenvalue weighted by atomic mass is 9.75. The molecule has 3 aromatic rings. The van der Waals surface area contributed by atoms with E-state index in [9.17, 15) is 19.2 Å². The Labute approximate surface area is 232 Å². The lowest BCUT2D eigenvalue weighted by molar-refractivity contribution is -0.154. The largest absolute Gasteiger partial charge is 0.496 e. The highest BCUT2D eigenvalue weighted by Crippen LogP contribution is 2.39. The Morgan fingerprint density at radius 1 is 0.900 bits per heavy atom. The average molecular weight is 541 g/mol. The summed E-state index contributed by atoms with van der Waals surface area (Å²) in [5.41, 5.74) is 0.967. The molecule has 206 valence electrons. The van der Waals surface area contributed by atoms with Crippen LogP contribution in [-0.2, 0) is 29.1 Å². The van der Waals surface area contributed by atoms with E-state index in [1.807, 2.05) is 59.2 Å². The number of fused-ring (bicyclic) bond motifs is 4. The van der Waals surface area contributed by atoms with Crippen LogP contribution in [-0.4, -0.2) is 59.0 Å². The number of imide groups is 2. The van der Waals surface area contributed by atoms with Gasteiger partial charge in [-0.1, -0.05) is 54.6 Å². The topological polar surface area (TPSA) is 101 Å². The molecule has 1 N–H and O–H groups in total. The van der Waals surface area contributed by atoms with Gasteiger partial charge in [-0.05, 0) is 35.6 Å². The number of urea groups is 1. The number of aromatic nitrogens is 1. The van der Waals surface area contributed by atoms with Crippen molar-refractivity contribution >= 4 is 17.8 Å². The maximum Gasteiger partial charge on any atom is 0.331 e. The minimum atomic E-state index is -1.54. The second-order valence-corrected chi connectivity index (χ2v) is 11.1. The molecule has 3 atom stereocenters. The van der Waals surface area contributed by atoms with Gasteiger partial charge in [-0.3, -0.25) is 24.6 Å². The van der Waals surface area contributed by atoms with Gasteiger partial charge in [0.05, 0.1) is 13.7 Å². The number of likely N-dealkylation sites (tertiary alicyclic amines) is 1. The van der Waals surface area contributed by atoms with Crippen LogP contribution in [0.1, 0.15) is 29.2 Å². The van der Waals surface area contributed by atoms with Crippen molar-refractivity contribution in [2.75, 3.05) is 26.7 Å². The molecule has 3 aliphatic heterocycles. The molecule has 40 heavy (non-hydrogen) atoms. The minimum absolute atomic E-state index is 0.00481. The van der Waals surface area contributed by atoms with Crippen LogP contribution in [0.15, 0.2) is 77.6 Å². The Balaban J connectivity index is 1.37. The minimum Gasteiger partial charge on any atom is -0.496 e. The van der Waals surface area contributed by atoms with Crippen LogP contribution in [0.4, 0.5) is 4.79 Å². The molecule has 9 nitrogen and oxygen atoms in total. The van der Waals surface area contributed by atoms with Crippen LogP contribution in [0.2, 0.25) is 0 Å². The maximum absolute atomic E-state index is 14.4. The quantitative estimate of drug-likeness (QED) is 0.463. The van der Waals surface area contributed by atoms with Crippen molar-refractivity contribution in [2.45, 2.75) is 31.8 Å². The van der Waals surface area contributed by atoms with Gasteiger partial charge >= 0.3 is 6.03 Å². The van der Waals surface area contributed by atoms with Gasteiger partial charge in [-0.15, -0.1) is 0 Å². The van der Waals surface area contributed by atoms with Crippen molar-refractivity contribution in [2.24, 2.45) is 11.3 Å². The van der Waals surface area contributed by atoms with Gasteiger partial charge in [0.15, 0.2) is 0 Å². The maximum atomic E-state index is 14.4. The van der Waals surface area contributed by atoms with E-state index < -0.39 is 23.3 Å². The van der Waals surface area contributed by atoms with E-state index in [1.54, 1.807) is 25.3 Å². The SMILES string of the molecule is COc1ccccc1CC1(CN2C[C@H]3C[C@@H](C2)c2cccc(=O)n2C3)C(=O)NC(=O)N(Cc2ccccc2)C1=O.